The second-order valence-electron chi connectivity index (χ2n) is 5.24. The number of aromatic nitrogens is 2. The summed E-state index contributed by atoms with van der Waals surface area (Å²) in [7, 11) is 0. The summed E-state index contributed by atoms with van der Waals surface area (Å²) < 4.78 is 0. The van der Waals surface area contributed by atoms with E-state index >= 15 is 0 Å². The Bertz CT molecular complexity index is 789. The summed E-state index contributed by atoms with van der Waals surface area (Å²) in [5.41, 5.74) is 2.89. The molecule has 2 aromatic heterocycles. The molecule has 2 heterocycles. The number of benzene rings is 1. The first-order valence-corrected chi connectivity index (χ1v) is 8.62. The molecule has 1 unspecified atom stereocenters. The van der Waals surface area contributed by atoms with Crippen molar-refractivity contribution in [2.75, 3.05) is 5.32 Å². The summed E-state index contributed by atoms with van der Waals surface area (Å²) in [5.74, 6) is 0. The minimum absolute atomic E-state index is 0.0224. The van der Waals surface area contributed by atoms with Gasteiger partial charge in [0.15, 0.2) is 5.13 Å². The highest BCUT2D eigenvalue weighted by Gasteiger charge is 2.13. The minimum Gasteiger partial charge on any atom is -0.331 e. The standard InChI is InChI=1S/C18H18N4OS/c1-2-15(13-6-4-3-5-7-13)20-17(23)22-18-21-16(12-24-18)14-8-10-19-11-9-14/h3-12,15H,2H2,1H3,(H2,20,21,22,23). The molecule has 2 N–H and O–H groups in total. The van der Waals surface area contributed by atoms with E-state index in [0.29, 0.717) is 5.13 Å². The molecular weight excluding hydrogens is 320 g/mol. The average Bonchev–Trinajstić information content (AvgIpc) is 3.09. The number of rotatable bonds is 5. The number of nitrogens with one attached hydrogen (secondary N) is 2. The molecule has 122 valence electrons. The van der Waals surface area contributed by atoms with Gasteiger partial charge in [0.25, 0.3) is 0 Å². The molecule has 0 radical (unpaired) electrons. The number of carbonyl (C=O) groups excluding carboxylic acids is 1. The van der Waals surface area contributed by atoms with E-state index < -0.39 is 0 Å². The van der Waals surface area contributed by atoms with E-state index in [4.69, 9.17) is 0 Å². The van der Waals surface area contributed by atoms with Crippen LogP contribution in [0.2, 0.25) is 0 Å². The van der Waals surface area contributed by atoms with Gasteiger partial charge in [0.1, 0.15) is 0 Å². The summed E-state index contributed by atoms with van der Waals surface area (Å²) in [6, 6.07) is 13.4. The van der Waals surface area contributed by atoms with E-state index in [1.54, 1.807) is 12.4 Å². The predicted octanol–water partition coefficient (Wildman–Crippen LogP) is 4.48. The van der Waals surface area contributed by atoms with Crippen molar-refractivity contribution in [1.82, 2.24) is 15.3 Å². The molecule has 0 saturated carbocycles. The second-order valence-corrected chi connectivity index (χ2v) is 6.10. The average molecular weight is 338 g/mol. The van der Waals surface area contributed by atoms with Gasteiger partial charge < -0.3 is 5.32 Å². The second kappa shape index (κ2) is 7.70. The van der Waals surface area contributed by atoms with E-state index in [0.717, 1.165) is 23.2 Å². The molecule has 0 aliphatic rings. The first-order valence-electron chi connectivity index (χ1n) is 7.74. The molecule has 6 heteroatoms. The van der Waals surface area contributed by atoms with Crippen LogP contribution in [0, 0.1) is 0 Å². The van der Waals surface area contributed by atoms with Gasteiger partial charge in [-0.3, -0.25) is 10.3 Å². The van der Waals surface area contributed by atoms with Crippen LogP contribution < -0.4 is 10.6 Å². The summed E-state index contributed by atoms with van der Waals surface area (Å²) >= 11 is 1.40. The molecule has 24 heavy (non-hydrogen) atoms. The number of hydrogen-bond acceptors (Lipinski definition) is 4. The van der Waals surface area contributed by atoms with Gasteiger partial charge in [-0.2, -0.15) is 0 Å². The van der Waals surface area contributed by atoms with Crippen LogP contribution in [-0.2, 0) is 0 Å². The molecule has 3 aromatic rings. The van der Waals surface area contributed by atoms with E-state index in [1.807, 2.05) is 54.8 Å². The maximum absolute atomic E-state index is 12.2. The molecule has 0 aliphatic heterocycles. The van der Waals surface area contributed by atoms with Crippen molar-refractivity contribution in [3.63, 3.8) is 0 Å². The predicted molar refractivity (Wildman–Crippen MR) is 97.0 cm³/mol. The highest BCUT2D eigenvalue weighted by atomic mass is 32.1. The SMILES string of the molecule is CCC(NC(=O)Nc1nc(-c2ccncc2)cs1)c1ccccc1. The van der Waals surface area contributed by atoms with Gasteiger partial charge in [0.05, 0.1) is 11.7 Å². The van der Waals surface area contributed by atoms with Crippen LogP contribution in [0.25, 0.3) is 11.3 Å². The Kier molecular flexibility index (Phi) is 5.18. The number of pyridine rings is 1. The van der Waals surface area contributed by atoms with Crippen molar-refractivity contribution in [3.05, 3.63) is 65.8 Å². The Morgan fingerprint density at radius 1 is 1.17 bits per heavy atom. The van der Waals surface area contributed by atoms with Crippen LogP contribution in [0.4, 0.5) is 9.93 Å². The fourth-order valence-electron chi connectivity index (χ4n) is 2.38. The first kappa shape index (κ1) is 16.1. The largest absolute Gasteiger partial charge is 0.331 e. The van der Waals surface area contributed by atoms with Gasteiger partial charge in [0.2, 0.25) is 0 Å². The van der Waals surface area contributed by atoms with Gasteiger partial charge >= 0.3 is 6.03 Å². The molecule has 0 fully saturated rings. The summed E-state index contributed by atoms with van der Waals surface area (Å²) in [6.07, 6.45) is 4.26. The highest BCUT2D eigenvalue weighted by molar-refractivity contribution is 7.14. The molecule has 0 saturated heterocycles. The molecule has 0 spiro atoms. The van der Waals surface area contributed by atoms with Crippen LogP contribution in [0.15, 0.2) is 60.2 Å². The number of nitrogens with zero attached hydrogens (tertiary/aromatic N) is 2. The van der Waals surface area contributed by atoms with Crippen LogP contribution >= 0.6 is 11.3 Å². The third kappa shape index (κ3) is 3.97. The molecule has 0 aliphatic carbocycles. The number of anilines is 1. The topological polar surface area (TPSA) is 66.9 Å². The number of urea groups is 1. The van der Waals surface area contributed by atoms with Gasteiger partial charge in [-0.25, -0.2) is 9.78 Å². The van der Waals surface area contributed by atoms with E-state index in [1.165, 1.54) is 11.3 Å². The fraction of sp³-hybridized carbons (Fsp3) is 0.167. The Morgan fingerprint density at radius 2 is 1.92 bits per heavy atom. The van der Waals surface area contributed by atoms with Crippen molar-refractivity contribution in [3.8, 4) is 11.3 Å². The van der Waals surface area contributed by atoms with E-state index in [-0.39, 0.29) is 12.1 Å². The maximum Gasteiger partial charge on any atom is 0.321 e. The Labute approximate surface area is 144 Å². The van der Waals surface area contributed by atoms with Crippen molar-refractivity contribution in [2.24, 2.45) is 0 Å². The minimum atomic E-state index is -0.249. The van der Waals surface area contributed by atoms with E-state index in [2.05, 4.69) is 20.6 Å². The molecule has 1 aromatic carbocycles. The molecule has 2 amide bonds. The van der Waals surface area contributed by atoms with Crippen LogP contribution in [0.5, 0.6) is 0 Å². The lowest BCUT2D eigenvalue weighted by Gasteiger charge is -2.17. The van der Waals surface area contributed by atoms with Gasteiger partial charge in [-0.15, -0.1) is 11.3 Å². The lowest BCUT2D eigenvalue weighted by Crippen LogP contribution is -2.32. The lowest BCUT2D eigenvalue weighted by atomic mass is 10.1. The monoisotopic (exact) mass is 338 g/mol. The van der Waals surface area contributed by atoms with Crippen molar-refractivity contribution in [1.29, 1.82) is 0 Å². The third-order valence-corrected chi connectivity index (χ3v) is 4.37. The van der Waals surface area contributed by atoms with Gasteiger partial charge in [-0.05, 0) is 24.1 Å². The number of carbonyl (C=O) groups is 1. The molecule has 0 bridgehead atoms. The third-order valence-electron chi connectivity index (χ3n) is 3.62. The van der Waals surface area contributed by atoms with Crippen LogP contribution in [0.3, 0.4) is 0 Å². The zero-order valence-corrected chi connectivity index (χ0v) is 14.1. The number of amides is 2. The molecule has 3 rings (SSSR count). The smallest absolute Gasteiger partial charge is 0.321 e. The summed E-state index contributed by atoms with van der Waals surface area (Å²) in [5, 5.41) is 8.28. The summed E-state index contributed by atoms with van der Waals surface area (Å²) in [4.78, 5) is 20.7. The van der Waals surface area contributed by atoms with Crippen molar-refractivity contribution in [2.45, 2.75) is 19.4 Å². The first-order chi connectivity index (χ1) is 11.8. The Hall–Kier alpha value is -2.73. The molecule has 1 atom stereocenters. The van der Waals surface area contributed by atoms with E-state index in [9.17, 15) is 4.79 Å². The van der Waals surface area contributed by atoms with Gasteiger partial charge in [0, 0.05) is 23.3 Å². The highest BCUT2D eigenvalue weighted by Crippen LogP contribution is 2.24. The summed E-state index contributed by atoms with van der Waals surface area (Å²) in [6.45, 7) is 2.04. The maximum atomic E-state index is 12.2. The quantitative estimate of drug-likeness (QED) is 0.721. The van der Waals surface area contributed by atoms with Gasteiger partial charge in [-0.1, -0.05) is 37.3 Å². The molecular formula is C18H18N4OS. The zero-order valence-electron chi connectivity index (χ0n) is 13.3. The number of thiazole rings is 1. The van der Waals surface area contributed by atoms with Crippen LogP contribution in [0.1, 0.15) is 24.9 Å². The molecule has 5 nitrogen and oxygen atoms in total. The van der Waals surface area contributed by atoms with Crippen LogP contribution in [-0.4, -0.2) is 16.0 Å². The lowest BCUT2D eigenvalue weighted by molar-refractivity contribution is 0.248. The Balaban J connectivity index is 1.64. The Morgan fingerprint density at radius 3 is 2.62 bits per heavy atom. The van der Waals surface area contributed by atoms with Crippen molar-refractivity contribution < 1.29 is 4.79 Å². The normalized spacial score (nSPS) is 11.7. The van der Waals surface area contributed by atoms with Crippen molar-refractivity contribution >= 4 is 22.5 Å². The number of hydrogen-bond donors (Lipinski definition) is 2. The zero-order chi connectivity index (χ0) is 16.8. The fourth-order valence-corrected chi connectivity index (χ4v) is 3.10.